The van der Waals surface area contributed by atoms with Gasteiger partial charge in [-0.1, -0.05) is 0 Å². The minimum atomic E-state index is -0.569. The van der Waals surface area contributed by atoms with Crippen molar-refractivity contribution in [2.24, 2.45) is 0 Å². The van der Waals surface area contributed by atoms with E-state index in [4.69, 9.17) is 33.2 Å². The summed E-state index contributed by atoms with van der Waals surface area (Å²) >= 11 is 0. The lowest BCUT2D eigenvalue weighted by Gasteiger charge is -2.08. The zero-order valence-electron chi connectivity index (χ0n) is 15.2. The monoisotopic (exact) mass is 366 g/mol. The predicted octanol–water partition coefficient (Wildman–Crippen LogP) is 0.196. The maximum absolute atomic E-state index is 11.3. The van der Waals surface area contributed by atoms with E-state index in [1.165, 1.54) is 0 Å². The van der Waals surface area contributed by atoms with Gasteiger partial charge >= 0.3 is 11.9 Å². The average molecular weight is 366 g/mol. The lowest BCUT2D eigenvalue weighted by molar-refractivity contribution is -0.157. The highest BCUT2D eigenvalue weighted by Crippen LogP contribution is 1.87. The van der Waals surface area contributed by atoms with Gasteiger partial charge in [0.05, 0.1) is 39.6 Å². The summed E-state index contributed by atoms with van der Waals surface area (Å²) < 4.78 is 35.2. The maximum atomic E-state index is 11.3. The molecule has 0 unspecified atom stereocenters. The largest absolute Gasteiger partial charge is 0.462 e. The Morgan fingerprint density at radius 3 is 1.28 bits per heavy atom. The SMILES string of the molecule is CCOCCOCCOC(=O)COCC(=O)OCCOCCOCC. The molecule has 0 aliphatic carbocycles. The van der Waals surface area contributed by atoms with Gasteiger partial charge in [0.25, 0.3) is 0 Å². The van der Waals surface area contributed by atoms with Crippen LogP contribution in [0.15, 0.2) is 0 Å². The highest BCUT2D eigenvalue weighted by atomic mass is 16.6. The molecular weight excluding hydrogens is 336 g/mol. The average Bonchev–Trinajstić information content (AvgIpc) is 2.60. The van der Waals surface area contributed by atoms with Crippen molar-refractivity contribution in [2.75, 3.05) is 79.3 Å². The lowest BCUT2D eigenvalue weighted by atomic mass is 10.6. The molecule has 148 valence electrons. The molecule has 25 heavy (non-hydrogen) atoms. The van der Waals surface area contributed by atoms with Crippen LogP contribution in [-0.4, -0.2) is 91.2 Å². The summed E-state index contributed by atoms with van der Waals surface area (Å²) in [6, 6.07) is 0. The summed E-state index contributed by atoms with van der Waals surface area (Å²) in [6.07, 6.45) is 0. The fourth-order valence-electron chi connectivity index (χ4n) is 1.46. The highest BCUT2D eigenvalue weighted by molar-refractivity contribution is 5.73. The second-order valence-electron chi connectivity index (χ2n) is 4.55. The van der Waals surface area contributed by atoms with Gasteiger partial charge in [-0.25, -0.2) is 9.59 Å². The molecule has 0 bridgehead atoms. The Labute approximate surface area is 148 Å². The molecule has 0 fully saturated rings. The van der Waals surface area contributed by atoms with Crippen molar-refractivity contribution in [3.05, 3.63) is 0 Å². The molecule has 0 amide bonds. The minimum Gasteiger partial charge on any atom is -0.462 e. The first-order chi connectivity index (χ1) is 12.2. The van der Waals surface area contributed by atoms with Crippen LogP contribution in [0, 0.1) is 0 Å². The molecule has 0 aromatic heterocycles. The second kappa shape index (κ2) is 19.1. The van der Waals surface area contributed by atoms with Gasteiger partial charge in [0.2, 0.25) is 0 Å². The van der Waals surface area contributed by atoms with E-state index in [1.54, 1.807) is 0 Å². The summed E-state index contributed by atoms with van der Waals surface area (Å²) in [5, 5.41) is 0. The van der Waals surface area contributed by atoms with E-state index in [2.05, 4.69) is 0 Å². The van der Waals surface area contributed by atoms with Crippen molar-refractivity contribution >= 4 is 11.9 Å². The third-order valence-corrected chi connectivity index (χ3v) is 2.57. The van der Waals surface area contributed by atoms with Gasteiger partial charge in [0, 0.05) is 13.2 Å². The lowest BCUT2D eigenvalue weighted by Crippen LogP contribution is -2.21. The quantitative estimate of drug-likeness (QED) is 0.249. The molecule has 0 spiro atoms. The van der Waals surface area contributed by atoms with E-state index in [0.717, 1.165) is 0 Å². The Kier molecular flexibility index (Phi) is 18.1. The zero-order valence-corrected chi connectivity index (χ0v) is 15.2. The Hall–Kier alpha value is -1.26. The van der Waals surface area contributed by atoms with Gasteiger partial charge in [0.1, 0.15) is 26.4 Å². The number of carbonyl (C=O) groups excluding carboxylic acids is 2. The fraction of sp³-hybridized carbons (Fsp3) is 0.875. The van der Waals surface area contributed by atoms with E-state index in [1.807, 2.05) is 13.8 Å². The van der Waals surface area contributed by atoms with Gasteiger partial charge < -0.3 is 33.2 Å². The Bertz CT molecular complexity index is 293. The maximum Gasteiger partial charge on any atom is 0.332 e. The van der Waals surface area contributed by atoms with Gasteiger partial charge in [-0.15, -0.1) is 0 Å². The number of rotatable bonds is 18. The Morgan fingerprint density at radius 1 is 0.520 bits per heavy atom. The van der Waals surface area contributed by atoms with Crippen LogP contribution in [0.1, 0.15) is 13.8 Å². The van der Waals surface area contributed by atoms with Gasteiger partial charge in [-0.2, -0.15) is 0 Å². The summed E-state index contributed by atoms with van der Waals surface area (Å²) in [4.78, 5) is 22.7. The smallest absolute Gasteiger partial charge is 0.332 e. The third-order valence-electron chi connectivity index (χ3n) is 2.57. The number of carbonyl (C=O) groups is 2. The van der Waals surface area contributed by atoms with Crippen LogP contribution in [0.4, 0.5) is 0 Å². The van der Waals surface area contributed by atoms with Crippen LogP contribution in [0.5, 0.6) is 0 Å². The Morgan fingerprint density at radius 2 is 0.880 bits per heavy atom. The molecular formula is C16H30O9. The number of ether oxygens (including phenoxy) is 7. The summed E-state index contributed by atoms with van der Waals surface area (Å²) in [5.41, 5.74) is 0. The summed E-state index contributed by atoms with van der Waals surface area (Å²) in [5.74, 6) is -1.14. The third kappa shape index (κ3) is 18.9. The predicted molar refractivity (Wildman–Crippen MR) is 87.4 cm³/mol. The number of hydrogen-bond donors (Lipinski definition) is 0. The molecule has 0 saturated carbocycles. The molecule has 0 aromatic rings. The number of esters is 2. The Balaban J connectivity index is 3.32. The van der Waals surface area contributed by atoms with Crippen LogP contribution >= 0.6 is 0 Å². The molecule has 0 radical (unpaired) electrons. The summed E-state index contributed by atoms with van der Waals surface area (Å²) in [7, 11) is 0. The van der Waals surface area contributed by atoms with Gasteiger partial charge in [-0.3, -0.25) is 0 Å². The van der Waals surface area contributed by atoms with Crippen molar-refractivity contribution < 1.29 is 42.7 Å². The van der Waals surface area contributed by atoms with Gasteiger partial charge in [0.15, 0.2) is 0 Å². The van der Waals surface area contributed by atoms with Crippen molar-refractivity contribution in [1.82, 2.24) is 0 Å². The molecule has 0 N–H and O–H groups in total. The van der Waals surface area contributed by atoms with Crippen molar-refractivity contribution in [3.63, 3.8) is 0 Å². The molecule has 0 aliphatic rings. The van der Waals surface area contributed by atoms with E-state index in [9.17, 15) is 9.59 Å². The van der Waals surface area contributed by atoms with Crippen molar-refractivity contribution in [2.45, 2.75) is 13.8 Å². The van der Waals surface area contributed by atoms with E-state index in [-0.39, 0.29) is 39.6 Å². The standard InChI is InChI=1S/C16H30O9/c1-3-19-5-7-21-9-11-24-15(17)13-23-14-16(18)25-12-10-22-8-6-20-4-2/h3-14H2,1-2H3. The molecule has 0 rings (SSSR count). The van der Waals surface area contributed by atoms with Gasteiger partial charge in [-0.05, 0) is 13.8 Å². The zero-order chi connectivity index (χ0) is 18.6. The molecule has 0 aromatic carbocycles. The van der Waals surface area contributed by atoms with Crippen LogP contribution in [0.2, 0.25) is 0 Å². The van der Waals surface area contributed by atoms with Crippen LogP contribution in [0.3, 0.4) is 0 Å². The fourth-order valence-corrected chi connectivity index (χ4v) is 1.46. The van der Waals surface area contributed by atoms with Crippen LogP contribution in [-0.2, 0) is 42.7 Å². The van der Waals surface area contributed by atoms with Crippen molar-refractivity contribution in [3.8, 4) is 0 Å². The first-order valence-electron chi connectivity index (χ1n) is 8.40. The van der Waals surface area contributed by atoms with Crippen molar-refractivity contribution in [1.29, 1.82) is 0 Å². The highest BCUT2D eigenvalue weighted by Gasteiger charge is 2.07. The van der Waals surface area contributed by atoms with E-state index >= 15 is 0 Å². The second-order valence-corrected chi connectivity index (χ2v) is 4.55. The van der Waals surface area contributed by atoms with E-state index < -0.39 is 11.9 Å². The normalized spacial score (nSPS) is 10.6. The topological polar surface area (TPSA) is 98.8 Å². The molecule has 0 aliphatic heterocycles. The molecule has 0 atom stereocenters. The van der Waals surface area contributed by atoms with E-state index in [0.29, 0.717) is 39.6 Å². The molecule has 9 heteroatoms. The molecule has 9 nitrogen and oxygen atoms in total. The molecule has 0 heterocycles. The minimum absolute atomic E-state index is 0.123. The number of hydrogen-bond acceptors (Lipinski definition) is 9. The first kappa shape index (κ1) is 23.7. The van der Waals surface area contributed by atoms with Crippen LogP contribution < -0.4 is 0 Å². The molecule has 0 saturated heterocycles. The first-order valence-corrected chi connectivity index (χ1v) is 8.40. The summed E-state index contributed by atoms with van der Waals surface area (Å²) in [6.45, 7) is 7.15. The van der Waals surface area contributed by atoms with Crippen LogP contribution in [0.25, 0.3) is 0 Å².